The van der Waals surface area contributed by atoms with Crippen LogP contribution in [0.25, 0.3) is 0 Å². The van der Waals surface area contributed by atoms with Gasteiger partial charge in [0.2, 0.25) is 0 Å². The first-order chi connectivity index (χ1) is 9.86. The van der Waals surface area contributed by atoms with E-state index in [4.69, 9.17) is 0 Å². The van der Waals surface area contributed by atoms with Crippen molar-refractivity contribution in [1.29, 1.82) is 0 Å². The Kier molecular flexibility index (Phi) is 4.22. The molecule has 3 rings (SSSR count). The van der Waals surface area contributed by atoms with Gasteiger partial charge in [0.05, 0.1) is 6.54 Å². The highest BCUT2D eigenvalue weighted by Gasteiger charge is 2.20. The summed E-state index contributed by atoms with van der Waals surface area (Å²) in [4.78, 5) is 9.12. The summed E-state index contributed by atoms with van der Waals surface area (Å²) in [6.45, 7) is 7.95. The van der Waals surface area contributed by atoms with E-state index in [2.05, 4.69) is 37.2 Å². The lowest BCUT2D eigenvalue weighted by Gasteiger charge is -2.34. The molecular formula is C12H19N7S. The van der Waals surface area contributed by atoms with E-state index in [1.807, 2.05) is 16.3 Å². The Labute approximate surface area is 122 Å². The number of anilines is 1. The first kappa shape index (κ1) is 13.4. The van der Waals surface area contributed by atoms with Crippen LogP contribution in [-0.2, 0) is 13.1 Å². The zero-order chi connectivity index (χ0) is 13.8. The van der Waals surface area contributed by atoms with Crippen molar-refractivity contribution in [2.75, 3.05) is 31.1 Å². The molecule has 0 atom stereocenters. The second-order valence-corrected chi connectivity index (χ2v) is 5.77. The van der Waals surface area contributed by atoms with Gasteiger partial charge in [-0.2, -0.15) is 0 Å². The van der Waals surface area contributed by atoms with Crippen LogP contribution in [0.3, 0.4) is 0 Å². The molecule has 0 saturated carbocycles. The lowest BCUT2D eigenvalue weighted by molar-refractivity contribution is 0.239. The summed E-state index contributed by atoms with van der Waals surface area (Å²) in [6, 6.07) is 0. The number of hydrogen-bond donors (Lipinski definition) is 0. The summed E-state index contributed by atoms with van der Waals surface area (Å²) in [6.07, 6.45) is 2.92. The molecule has 0 radical (unpaired) electrons. The Bertz CT molecular complexity index is 516. The zero-order valence-corrected chi connectivity index (χ0v) is 12.5. The van der Waals surface area contributed by atoms with E-state index in [1.165, 1.54) is 0 Å². The average Bonchev–Trinajstić information content (AvgIpc) is 3.13. The van der Waals surface area contributed by atoms with Crippen molar-refractivity contribution in [3.05, 3.63) is 17.4 Å². The van der Waals surface area contributed by atoms with Crippen molar-refractivity contribution in [3.8, 4) is 0 Å². The van der Waals surface area contributed by atoms with Crippen LogP contribution in [0, 0.1) is 0 Å². The van der Waals surface area contributed by atoms with Crippen LogP contribution in [0.4, 0.5) is 5.13 Å². The smallest absolute Gasteiger partial charge is 0.185 e. The number of hydrogen-bond acceptors (Lipinski definition) is 7. The molecule has 0 aromatic carbocycles. The molecule has 0 bridgehead atoms. The van der Waals surface area contributed by atoms with Crippen molar-refractivity contribution in [2.45, 2.75) is 26.4 Å². The molecule has 0 aliphatic carbocycles. The fourth-order valence-corrected chi connectivity index (χ4v) is 3.09. The molecule has 20 heavy (non-hydrogen) atoms. The summed E-state index contributed by atoms with van der Waals surface area (Å²) < 4.78 is 1.91. The average molecular weight is 293 g/mol. The Morgan fingerprint density at radius 2 is 2.10 bits per heavy atom. The Balaban J connectivity index is 1.54. The molecule has 0 N–H and O–H groups in total. The lowest BCUT2D eigenvalue weighted by atomic mass is 10.3. The molecule has 1 fully saturated rings. The first-order valence-corrected chi connectivity index (χ1v) is 7.86. The fourth-order valence-electron chi connectivity index (χ4n) is 2.39. The van der Waals surface area contributed by atoms with Gasteiger partial charge >= 0.3 is 0 Å². The number of tetrazole rings is 1. The zero-order valence-electron chi connectivity index (χ0n) is 11.6. The normalized spacial score (nSPS) is 16.8. The molecule has 2 aromatic heterocycles. The third-order valence-electron chi connectivity index (χ3n) is 3.47. The van der Waals surface area contributed by atoms with Gasteiger partial charge in [-0.1, -0.05) is 6.92 Å². The van der Waals surface area contributed by atoms with Gasteiger partial charge < -0.3 is 4.90 Å². The number of aromatic nitrogens is 5. The molecule has 7 nitrogen and oxygen atoms in total. The minimum Gasteiger partial charge on any atom is -0.346 e. The van der Waals surface area contributed by atoms with Crippen LogP contribution in [0.5, 0.6) is 0 Å². The van der Waals surface area contributed by atoms with Crippen molar-refractivity contribution in [1.82, 2.24) is 30.1 Å². The van der Waals surface area contributed by atoms with Crippen LogP contribution in [0.15, 0.2) is 11.6 Å². The minimum atomic E-state index is 0.832. The highest BCUT2D eigenvalue weighted by atomic mass is 32.1. The SMILES string of the molecule is CCCn1nnnc1CN1CCN(c2nccs2)CC1. The second-order valence-electron chi connectivity index (χ2n) is 4.90. The predicted octanol–water partition coefficient (Wildman–Crippen LogP) is 0.862. The van der Waals surface area contributed by atoms with Crippen molar-refractivity contribution >= 4 is 16.5 Å². The molecule has 8 heteroatoms. The second kappa shape index (κ2) is 6.27. The van der Waals surface area contributed by atoms with Gasteiger partial charge in [-0.25, -0.2) is 9.67 Å². The Hall–Kier alpha value is -1.54. The van der Waals surface area contributed by atoms with Gasteiger partial charge in [-0.05, 0) is 16.8 Å². The summed E-state index contributed by atoms with van der Waals surface area (Å²) in [7, 11) is 0. The number of piperazine rings is 1. The first-order valence-electron chi connectivity index (χ1n) is 6.98. The van der Waals surface area contributed by atoms with E-state index in [9.17, 15) is 0 Å². The summed E-state index contributed by atoms with van der Waals surface area (Å²) in [5.74, 6) is 0.967. The summed E-state index contributed by atoms with van der Waals surface area (Å²) >= 11 is 1.70. The van der Waals surface area contributed by atoms with E-state index < -0.39 is 0 Å². The minimum absolute atomic E-state index is 0.832. The standard InChI is InChI=1S/C12H19N7S/c1-2-4-19-11(14-15-16-19)10-17-5-7-18(8-6-17)12-13-3-9-20-12/h3,9H,2,4-8,10H2,1H3. The molecular weight excluding hydrogens is 274 g/mol. The van der Waals surface area contributed by atoms with Crippen LogP contribution in [-0.4, -0.2) is 56.3 Å². The Morgan fingerprint density at radius 3 is 2.80 bits per heavy atom. The highest BCUT2D eigenvalue weighted by molar-refractivity contribution is 7.13. The van der Waals surface area contributed by atoms with Gasteiger partial charge in [0.25, 0.3) is 0 Å². The fraction of sp³-hybridized carbons (Fsp3) is 0.667. The van der Waals surface area contributed by atoms with E-state index in [-0.39, 0.29) is 0 Å². The molecule has 1 aliphatic heterocycles. The van der Waals surface area contributed by atoms with E-state index in [0.29, 0.717) is 0 Å². The van der Waals surface area contributed by atoms with Crippen molar-refractivity contribution in [2.24, 2.45) is 0 Å². The Morgan fingerprint density at radius 1 is 1.25 bits per heavy atom. The van der Waals surface area contributed by atoms with Gasteiger partial charge in [-0.3, -0.25) is 4.90 Å². The number of rotatable bonds is 5. The van der Waals surface area contributed by atoms with E-state index in [0.717, 1.165) is 56.6 Å². The molecule has 0 unspecified atom stereocenters. The molecule has 0 amide bonds. The quantitative estimate of drug-likeness (QED) is 0.815. The van der Waals surface area contributed by atoms with E-state index in [1.54, 1.807) is 11.3 Å². The highest BCUT2D eigenvalue weighted by Crippen LogP contribution is 2.19. The summed E-state index contributed by atoms with van der Waals surface area (Å²) in [5.41, 5.74) is 0. The maximum absolute atomic E-state index is 4.37. The van der Waals surface area contributed by atoms with Gasteiger partial charge in [0, 0.05) is 44.3 Å². The lowest BCUT2D eigenvalue weighted by Crippen LogP contribution is -2.46. The maximum Gasteiger partial charge on any atom is 0.185 e. The number of thiazole rings is 1. The summed E-state index contributed by atoms with van der Waals surface area (Å²) in [5, 5.41) is 15.1. The number of nitrogens with zero attached hydrogens (tertiary/aromatic N) is 7. The van der Waals surface area contributed by atoms with Crippen molar-refractivity contribution < 1.29 is 0 Å². The third-order valence-corrected chi connectivity index (χ3v) is 4.30. The predicted molar refractivity (Wildman–Crippen MR) is 77.7 cm³/mol. The molecule has 0 spiro atoms. The van der Waals surface area contributed by atoms with Crippen molar-refractivity contribution in [3.63, 3.8) is 0 Å². The van der Waals surface area contributed by atoms with Gasteiger partial charge in [-0.15, -0.1) is 16.4 Å². The van der Waals surface area contributed by atoms with Gasteiger partial charge in [0.15, 0.2) is 11.0 Å². The van der Waals surface area contributed by atoms with Crippen LogP contribution < -0.4 is 4.90 Å². The molecule has 1 saturated heterocycles. The monoisotopic (exact) mass is 293 g/mol. The maximum atomic E-state index is 4.37. The van der Waals surface area contributed by atoms with Gasteiger partial charge in [0.1, 0.15) is 0 Å². The van der Waals surface area contributed by atoms with Crippen LogP contribution >= 0.6 is 11.3 Å². The third kappa shape index (κ3) is 2.96. The molecule has 1 aliphatic rings. The largest absolute Gasteiger partial charge is 0.346 e. The van der Waals surface area contributed by atoms with Crippen LogP contribution in [0.2, 0.25) is 0 Å². The molecule has 2 aromatic rings. The topological polar surface area (TPSA) is 63.0 Å². The van der Waals surface area contributed by atoms with E-state index >= 15 is 0 Å². The molecule has 3 heterocycles. The molecule has 108 valence electrons. The van der Waals surface area contributed by atoms with Crippen LogP contribution in [0.1, 0.15) is 19.2 Å². The number of aryl methyl sites for hydroxylation is 1.